The van der Waals surface area contributed by atoms with Crippen LogP contribution in [0.4, 0.5) is 13.2 Å². The van der Waals surface area contributed by atoms with Gasteiger partial charge >= 0.3 is 0 Å². The number of halogens is 4. The van der Waals surface area contributed by atoms with E-state index in [0.29, 0.717) is 6.20 Å². The van der Waals surface area contributed by atoms with E-state index >= 15 is 0 Å². The molecule has 1 rings (SSSR count). The molecule has 1 heterocycles. The van der Waals surface area contributed by atoms with Gasteiger partial charge in [-0.1, -0.05) is 0 Å². The number of nitrogens with zero attached hydrogens (tertiary/aromatic N) is 1. The van der Waals surface area contributed by atoms with E-state index in [-0.39, 0.29) is 5.56 Å². The number of hydrogen-bond donors (Lipinski definition) is 0. The third kappa shape index (κ3) is 1.87. The van der Waals surface area contributed by atoms with Crippen LogP contribution in [-0.4, -0.2) is 10.2 Å². The summed E-state index contributed by atoms with van der Waals surface area (Å²) in [6.45, 7) is 1.20. The number of carbonyl (C=O) groups excluding carboxylic acids is 1. The van der Waals surface area contributed by atoms with E-state index in [0.717, 1.165) is 0 Å². The predicted octanol–water partition coefficient (Wildman–Crippen LogP) is 2.85. The Balaban J connectivity index is 3.41. The van der Waals surface area contributed by atoms with Crippen LogP contribution in [0.3, 0.4) is 0 Å². The largest absolute Gasteiger partial charge is 0.275 e. The molecule has 0 amide bonds. The number of aromatic nitrogens is 1. The first-order chi connectivity index (χ1) is 6.45. The lowest BCUT2D eigenvalue weighted by molar-refractivity contribution is 0.107. The van der Waals surface area contributed by atoms with E-state index in [1.165, 1.54) is 6.92 Å². The molecule has 0 radical (unpaired) electrons. The van der Waals surface area contributed by atoms with Crippen molar-refractivity contribution in [2.24, 2.45) is 0 Å². The molecule has 0 saturated heterocycles. The minimum atomic E-state index is -2.81. The first kappa shape index (κ1) is 11.0. The molecule has 0 spiro atoms. The molecule has 0 fully saturated rings. The summed E-state index contributed by atoms with van der Waals surface area (Å²) in [6.07, 6.45) is -2.11. The standard InChI is InChI=1S/C8H5ClF3NO/c1-3-4(7(10)11)2-13-8(12)5(3)6(9)14/h2,7H,1H3. The fourth-order valence-electron chi connectivity index (χ4n) is 1.04. The van der Waals surface area contributed by atoms with Crippen LogP contribution >= 0.6 is 11.6 Å². The van der Waals surface area contributed by atoms with Gasteiger partial charge in [0.2, 0.25) is 5.95 Å². The number of rotatable bonds is 2. The number of pyridine rings is 1. The Morgan fingerprint density at radius 2 is 2.14 bits per heavy atom. The highest BCUT2D eigenvalue weighted by Crippen LogP contribution is 2.25. The van der Waals surface area contributed by atoms with Crippen molar-refractivity contribution in [1.29, 1.82) is 0 Å². The summed E-state index contributed by atoms with van der Waals surface area (Å²) in [5, 5.41) is -1.13. The Labute approximate surface area is 82.7 Å². The van der Waals surface area contributed by atoms with Crippen molar-refractivity contribution < 1.29 is 18.0 Å². The lowest BCUT2D eigenvalue weighted by Crippen LogP contribution is -2.05. The van der Waals surface area contributed by atoms with Crippen LogP contribution in [0.1, 0.15) is 27.9 Å². The molecule has 0 unspecified atom stereocenters. The molecule has 76 valence electrons. The van der Waals surface area contributed by atoms with Crippen molar-refractivity contribution in [3.05, 3.63) is 28.8 Å². The van der Waals surface area contributed by atoms with Crippen LogP contribution in [0.2, 0.25) is 0 Å². The van der Waals surface area contributed by atoms with Crippen LogP contribution in [-0.2, 0) is 0 Å². The first-order valence-corrected chi connectivity index (χ1v) is 3.96. The third-order valence-electron chi connectivity index (χ3n) is 1.76. The van der Waals surface area contributed by atoms with Crippen LogP contribution in [0, 0.1) is 12.9 Å². The maximum Gasteiger partial charge on any atom is 0.265 e. The van der Waals surface area contributed by atoms with E-state index in [4.69, 9.17) is 11.6 Å². The van der Waals surface area contributed by atoms with Crippen LogP contribution in [0.5, 0.6) is 0 Å². The second-order valence-electron chi connectivity index (χ2n) is 2.58. The molecule has 0 aliphatic carbocycles. The summed E-state index contributed by atoms with van der Waals surface area (Å²) in [5.41, 5.74) is -1.26. The molecule has 1 aromatic heterocycles. The molecule has 6 heteroatoms. The van der Waals surface area contributed by atoms with Crippen LogP contribution < -0.4 is 0 Å². The molecule has 0 aromatic carbocycles. The summed E-state index contributed by atoms with van der Waals surface area (Å²) in [7, 11) is 0. The molecule has 0 aliphatic heterocycles. The van der Waals surface area contributed by atoms with Crippen molar-refractivity contribution in [2.75, 3.05) is 0 Å². The van der Waals surface area contributed by atoms with Gasteiger partial charge in [-0.05, 0) is 24.1 Å². The SMILES string of the molecule is Cc1c(C(F)F)cnc(F)c1C(=O)Cl. The highest BCUT2D eigenvalue weighted by Gasteiger charge is 2.20. The molecule has 1 aromatic rings. The normalized spacial score (nSPS) is 10.7. The summed E-state index contributed by atoms with van der Waals surface area (Å²) in [5.74, 6) is -1.13. The van der Waals surface area contributed by atoms with Crippen LogP contribution in [0.25, 0.3) is 0 Å². The van der Waals surface area contributed by atoms with E-state index in [9.17, 15) is 18.0 Å². The van der Waals surface area contributed by atoms with E-state index in [1.807, 2.05) is 0 Å². The molecule has 0 saturated carbocycles. The monoisotopic (exact) mass is 223 g/mol. The fraction of sp³-hybridized carbons (Fsp3) is 0.250. The number of hydrogen-bond acceptors (Lipinski definition) is 2. The van der Waals surface area contributed by atoms with Gasteiger partial charge in [0.25, 0.3) is 11.7 Å². The topological polar surface area (TPSA) is 30.0 Å². The smallest absolute Gasteiger partial charge is 0.265 e. The fourth-order valence-corrected chi connectivity index (χ4v) is 1.25. The highest BCUT2D eigenvalue weighted by molar-refractivity contribution is 6.67. The van der Waals surface area contributed by atoms with Crippen molar-refractivity contribution >= 4 is 16.8 Å². The Hall–Kier alpha value is -1.10. The lowest BCUT2D eigenvalue weighted by Gasteiger charge is -2.07. The Morgan fingerprint density at radius 1 is 1.57 bits per heavy atom. The Morgan fingerprint density at radius 3 is 2.57 bits per heavy atom. The molecule has 2 nitrogen and oxygen atoms in total. The Bertz CT molecular complexity index is 381. The summed E-state index contributed by atoms with van der Waals surface area (Å²) in [4.78, 5) is 13.7. The van der Waals surface area contributed by atoms with E-state index < -0.39 is 28.7 Å². The zero-order chi connectivity index (χ0) is 10.9. The molecule has 0 atom stereocenters. The molecule has 0 N–H and O–H groups in total. The predicted molar refractivity (Wildman–Crippen MR) is 44.1 cm³/mol. The average molecular weight is 224 g/mol. The van der Waals surface area contributed by atoms with Gasteiger partial charge in [0.15, 0.2) is 0 Å². The second-order valence-corrected chi connectivity index (χ2v) is 2.92. The molecule has 14 heavy (non-hydrogen) atoms. The first-order valence-electron chi connectivity index (χ1n) is 3.58. The van der Waals surface area contributed by atoms with Gasteiger partial charge in [-0.2, -0.15) is 4.39 Å². The van der Waals surface area contributed by atoms with Gasteiger partial charge < -0.3 is 0 Å². The maximum absolute atomic E-state index is 12.9. The number of carbonyl (C=O) groups is 1. The van der Waals surface area contributed by atoms with Gasteiger partial charge in [0, 0.05) is 11.8 Å². The van der Waals surface area contributed by atoms with Crippen molar-refractivity contribution in [3.8, 4) is 0 Å². The van der Waals surface area contributed by atoms with Gasteiger partial charge in [-0.3, -0.25) is 4.79 Å². The van der Waals surface area contributed by atoms with Crippen molar-refractivity contribution in [3.63, 3.8) is 0 Å². The molecular formula is C8H5ClF3NO. The highest BCUT2D eigenvalue weighted by atomic mass is 35.5. The second kappa shape index (κ2) is 3.96. The quantitative estimate of drug-likeness (QED) is 0.570. The van der Waals surface area contributed by atoms with E-state index in [1.54, 1.807) is 0 Å². The zero-order valence-electron chi connectivity index (χ0n) is 7.02. The zero-order valence-corrected chi connectivity index (χ0v) is 7.78. The Kier molecular flexibility index (Phi) is 3.10. The molecular weight excluding hydrogens is 219 g/mol. The van der Waals surface area contributed by atoms with Gasteiger partial charge in [0.1, 0.15) is 0 Å². The number of alkyl halides is 2. The minimum Gasteiger partial charge on any atom is -0.275 e. The lowest BCUT2D eigenvalue weighted by atomic mass is 10.1. The van der Waals surface area contributed by atoms with Crippen molar-refractivity contribution in [2.45, 2.75) is 13.3 Å². The van der Waals surface area contributed by atoms with Crippen molar-refractivity contribution in [1.82, 2.24) is 4.98 Å². The minimum absolute atomic E-state index is 0.174. The van der Waals surface area contributed by atoms with Crippen LogP contribution in [0.15, 0.2) is 6.20 Å². The third-order valence-corrected chi connectivity index (χ3v) is 1.95. The van der Waals surface area contributed by atoms with Gasteiger partial charge in [-0.25, -0.2) is 13.8 Å². The summed E-state index contributed by atoms with van der Waals surface area (Å²) < 4.78 is 37.5. The molecule has 0 bridgehead atoms. The van der Waals surface area contributed by atoms with E-state index in [2.05, 4.69) is 4.98 Å². The maximum atomic E-state index is 12.9. The van der Waals surface area contributed by atoms with Gasteiger partial charge in [-0.15, -0.1) is 0 Å². The average Bonchev–Trinajstić information content (AvgIpc) is 2.02. The summed E-state index contributed by atoms with van der Waals surface area (Å²) in [6, 6.07) is 0. The van der Waals surface area contributed by atoms with Gasteiger partial charge in [0.05, 0.1) is 5.56 Å². The summed E-state index contributed by atoms with van der Waals surface area (Å²) >= 11 is 5.03. The molecule has 0 aliphatic rings.